The molecule has 3 heteroatoms. The Morgan fingerprint density at radius 3 is 2.74 bits per heavy atom. The van der Waals surface area contributed by atoms with Crippen LogP contribution in [0.2, 0.25) is 0 Å². The molecular formula is C16H20O3. The lowest BCUT2D eigenvalue weighted by Gasteiger charge is -2.30. The lowest BCUT2D eigenvalue weighted by molar-refractivity contribution is -0.115. The fraction of sp³-hybridized carbons (Fsp3) is 0.438. The van der Waals surface area contributed by atoms with Gasteiger partial charge >= 0.3 is 0 Å². The van der Waals surface area contributed by atoms with Gasteiger partial charge < -0.3 is 14.3 Å². The van der Waals surface area contributed by atoms with Crippen LogP contribution >= 0.6 is 0 Å². The standard InChI is InChI=1S/C16H20O3/c1-13-9-15(7-8-17)19-16(10-13)12-18-11-14-5-3-2-4-6-14/h2-6,8,15-16H,1,7,9-12H2/t15-,16+/m0/s1. The van der Waals surface area contributed by atoms with Gasteiger partial charge in [0.2, 0.25) is 0 Å². The van der Waals surface area contributed by atoms with Crippen LogP contribution in [0.3, 0.4) is 0 Å². The van der Waals surface area contributed by atoms with Crippen molar-refractivity contribution in [2.45, 2.75) is 38.1 Å². The van der Waals surface area contributed by atoms with E-state index in [2.05, 4.69) is 6.58 Å². The van der Waals surface area contributed by atoms with Crippen molar-refractivity contribution in [2.24, 2.45) is 0 Å². The molecule has 0 bridgehead atoms. The van der Waals surface area contributed by atoms with Crippen LogP contribution in [0.25, 0.3) is 0 Å². The van der Waals surface area contributed by atoms with Crippen molar-refractivity contribution in [1.29, 1.82) is 0 Å². The normalized spacial score (nSPS) is 23.3. The van der Waals surface area contributed by atoms with Gasteiger partial charge in [-0.1, -0.05) is 42.5 Å². The zero-order valence-corrected chi connectivity index (χ0v) is 11.1. The molecule has 0 amide bonds. The second kappa shape index (κ2) is 7.22. The van der Waals surface area contributed by atoms with Crippen LogP contribution < -0.4 is 0 Å². The van der Waals surface area contributed by atoms with Crippen molar-refractivity contribution in [3.8, 4) is 0 Å². The van der Waals surface area contributed by atoms with Gasteiger partial charge in [0, 0.05) is 6.42 Å². The minimum Gasteiger partial charge on any atom is -0.374 e. The maximum Gasteiger partial charge on any atom is 0.122 e. The second-order valence-corrected chi connectivity index (χ2v) is 4.94. The number of rotatable bonds is 6. The first-order valence-corrected chi connectivity index (χ1v) is 6.65. The van der Waals surface area contributed by atoms with Crippen LogP contribution in [0.5, 0.6) is 0 Å². The largest absolute Gasteiger partial charge is 0.374 e. The molecule has 0 N–H and O–H groups in total. The lowest BCUT2D eigenvalue weighted by atomic mass is 9.98. The van der Waals surface area contributed by atoms with E-state index in [1.165, 1.54) is 0 Å². The SMILES string of the molecule is C=C1C[C@H](CC=O)O[C@@H](COCc2ccccc2)C1. The van der Waals surface area contributed by atoms with Crippen molar-refractivity contribution < 1.29 is 14.3 Å². The van der Waals surface area contributed by atoms with Gasteiger partial charge in [-0.2, -0.15) is 0 Å². The maximum absolute atomic E-state index is 10.5. The molecule has 1 aromatic rings. The minimum absolute atomic E-state index is 0.0231. The van der Waals surface area contributed by atoms with Gasteiger partial charge in [-0.25, -0.2) is 0 Å². The third-order valence-corrected chi connectivity index (χ3v) is 3.19. The summed E-state index contributed by atoms with van der Waals surface area (Å²) in [7, 11) is 0. The van der Waals surface area contributed by atoms with E-state index in [0.717, 1.165) is 30.3 Å². The van der Waals surface area contributed by atoms with Crippen LogP contribution in [0.4, 0.5) is 0 Å². The molecule has 1 aliphatic heterocycles. The van der Waals surface area contributed by atoms with E-state index in [-0.39, 0.29) is 12.2 Å². The zero-order valence-electron chi connectivity index (χ0n) is 11.1. The van der Waals surface area contributed by atoms with E-state index in [1.807, 2.05) is 30.3 Å². The van der Waals surface area contributed by atoms with Crippen LogP contribution in [-0.4, -0.2) is 25.1 Å². The number of aldehydes is 1. The average molecular weight is 260 g/mol. The van der Waals surface area contributed by atoms with Crippen LogP contribution in [-0.2, 0) is 20.9 Å². The molecule has 102 valence electrons. The smallest absolute Gasteiger partial charge is 0.122 e. The maximum atomic E-state index is 10.5. The van der Waals surface area contributed by atoms with E-state index >= 15 is 0 Å². The van der Waals surface area contributed by atoms with Gasteiger partial charge in [0.1, 0.15) is 6.29 Å². The highest BCUT2D eigenvalue weighted by atomic mass is 16.5. The first-order valence-electron chi connectivity index (χ1n) is 6.65. The third kappa shape index (κ3) is 4.62. The van der Waals surface area contributed by atoms with Gasteiger partial charge in [0.05, 0.1) is 25.4 Å². The molecule has 1 aliphatic rings. The predicted octanol–water partition coefficient (Wildman–Crippen LogP) is 2.90. The van der Waals surface area contributed by atoms with Gasteiger partial charge in [-0.15, -0.1) is 0 Å². The molecule has 19 heavy (non-hydrogen) atoms. The summed E-state index contributed by atoms with van der Waals surface area (Å²) in [5.41, 5.74) is 2.30. The molecule has 1 aromatic carbocycles. The van der Waals surface area contributed by atoms with E-state index < -0.39 is 0 Å². The number of hydrogen-bond acceptors (Lipinski definition) is 3. The Labute approximate surface area is 114 Å². The highest BCUT2D eigenvalue weighted by Gasteiger charge is 2.24. The van der Waals surface area contributed by atoms with Crippen LogP contribution in [0, 0.1) is 0 Å². The Morgan fingerprint density at radius 1 is 1.26 bits per heavy atom. The van der Waals surface area contributed by atoms with Crippen molar-refractivity contribution in [2.75, 3.05) is 6.61 Å². The van der Waals surface area contributed by atoms with Gasteiger partial charge in [-0.05, 0) is 18.4 Å². The number of carbonyl (C=O) groups excluding carboxylic acids is 1. The zero-order chi connectivity index (χ0) is 13.5. The summed E-state index contributed by atoms with van der Waals surface area (Å²) >= 11 is 0. The third-order valence-electron chi connectivity index (χ3n) is 3.19. The first kappa shape index (κ1) is 14.0. The summed E-state index contributed by atoms with van der Waals surface area (Å²) in [6, 6.07) is 10.1. The molecule has 1 heterocycles. The van der Waals surface area contributed by atoms with E-state index in [1.54, 1.807) is 0 Å². The van der Waals surface area contributed by atoms with Crippen molar-refractivity contribution in [3.63, 3.8) is 0 Å². The Kier molecular flexibility index (Phi) is 5.31. The molecule has 1 saturated heterocycles. The van der Waals surface area contributed by atoms with Gasteiger partial charge in [-0.3, -0.25) is 0 Å². The Hall–Kier alpha value is -1.45. The second-order valence-electron chi connectivity index (χ2n) is 4.94. The first-order chi connectivity index (χ1) is 9.28. The number of benzene rings is 1. The van der Waals surface area contributed by atoms with Crippen molar-refractivity contribution in [1.82, 2.24) is 0 Å². The molecule has 2 atom stereocenters. The summed E-state index contributed by atoms with van der Waals surface area (Å²) in [5.74, 6) is 0. The van der Waals surface area contributed by atoms with Crippen molar-refractivity contribution in [3.05, 3.63) is 48.0 Å². The predicted molar refractivity (Wildman–Crippen MR) is 73.8 cm³/mol. The quantitative estimate of drug-likeness (QED) is 0.583. The summed E-state index contributed by atoms with van der Waals surface area (Å²) in [5, 5.41) is 0. The fourth-order valence-electron chi connectivity index (χ4n) is 2.32. The highest BCUT2D eigenvalue weighted by molar-refractivity contribution is 5.50. The highest BCUT2D eigenvalue weighted by Crippen LogP contribution is 2.24. The molecule has 0 radical (unpaired) electrons. The molecule has 0 aromatic heterocycles. The molecule has 0 unspecified atom stereocenters. The summed E-state index contributed by atoms with van der Waals surface area (Å²) in [6.45, 7) is 5.15. The summed E-state index contributed by atoms with van der Waals surface area (Å²) < 4.78 is 11.5. The molecule has 0 saturated carbocycles. The van der Waals surface area contributed by atoms with E-state index in [9.17, 15) is 4.79 Å². The van der Waals surface area contributed by atoms with Crippen LogP contribution in [0.1, 0.15) is 24.8 Å². The van der Waals surface area contributed by atoms with Gasteiger partial charge in [0.15, 0.2) is 0 Å². The molecule has 3 nitrogen and oxygen atoms in total. The molecule has 1 fully saturated rings. The lowest BCUT2D eigenvalue weighted by Crippen LogP contribution is -2.32. The number of hydrogen-bond donors (Lipinski definition) is 0. The summed E-state index contributed by atoms with van der Waals surface area (Å²) in [4.78, 5) is 10.5. The van der Waals surface area contributed by atoms with Crippen molar-refractivity contribution >= 4 is 6.29 Å². The van der Waals surface area contributed by atoms with Gasteiger partial charge in [0.25, 0.3) is 0 Å². The van der Waals surface area contributed by atoms with E-state index in [4.69, 9.17) is 9.47 Å². The summed E-state index contributed by atoms with van der Waals surface area (Å²) in [6.07, 6.45) is 2.95. The topological polar surface area (TPSA) is 35.5 Å². The molecule has 0 aliphatic carbocycles. The Balaban J connectivity index is 1.75. The monoisotopic (exact) mass is 260 g/mol. The minimum atomic E-state index is -0.0240. The molecule has 0 spiro atoms. The molecular weight excluding hydrogens is 240 g/mol. The molecule has 2 rings (SSSR count). The number of carbonyl (C=O) groups is 1. The van der Waals surface area contributed by atoms with Crippen LogP contribution in [0.15, 0.2) is 42.5 Å². The number of ether oxygens (including phenoxy) is 2. The van der Waals surface area contributed by atoms with E-state index in [0.29, 0.717) is 19.6 Å². The fourth-order valence-corrected chi connectivity index (χ4v) is 2.32. The average Bonchev–Trinajstić information content (AvgIpc) is 2.40. The Bertz CT molecular complexity index is 413. The Morgan fingerprint density at radius 2 is 2.00 bits per heavy atom.